The molecule has 122 valence electrons. The summed E-state index contributed by atoms with van der Waals surface area (Å²) < 4.78 is 10.7. The van der Waals surface area contributed by atoms with Crippen molar-refractivity contribution >= 4 is 29.3 Å². The van der Waals surface area contributed by atoms with Crippen molar-refractivity contribution in [2.24, 2.45) is 0 Å². The first kappa shape index (κ1) is 16.5. The second-order valence-electron chi connectivity index (χ2n) is 4.79. The maximum absolute atomic E-state index is 12.2. The fourth-order valence-corrected chi connectivity index (χ4v) is 2.64. The number of hydrogen-bond acceptors (Lipinski definition) is 6. The maximum atomic E-state index is 12.2. The molecule has 0 bridgehead atoms. The molecule has 0 saturated heterocycles. The molecule has 1 heterocycles. The summed E-state index contributed by atoms with van der Waals surface area (Å²) in [4.78, 5) is 13.1. The normalized spacial score (nSPS) is 10.6. The number of rotatable bonds is 5. The number of halogens is 1. The summed E-state index contributed by atoms with van der Waals surface area (Å²) in [6.45, 7) is -0.113. The number of benzene rings is 2. The van der Waals surface area contributed by atoms with Crippen molar-refractivity contribution in [1.82, 2.24) is 10.2 Å². The van der Waals surface area contributed by atoms with Gasteiger partial charge in [-0.25, -0.2) is 4.79 Å². The molecule has 0 aliphatic carbocycles. The Morgan fingerprint density at radius 3 is 2.75 bits per heavy atom. The number of carbonyl (C=O) groups excluding carboxylic acids is 1. The van der Waals surface area contributed by atoms with E-state index >= 15 is 0 Å². The minimum Gasteiger partial charge on any atom is -0.452 e. The van der Waals surface area contributed by atoms with Crippen LogP contribution >= 0.6 is 23.4 Å². The Morgan fingerprint density at radius 2 is 2.00 bits per heavy atom. The topological polar surface area (TPSA) is 65.2 Å². The van der Waals surface area contributed by atoms with E-state index < -0.39 is 5.97 Å². The van der Waals surface area contributed by atoms with Crippen molar-refractivity contribution in [2.75, 3.05) is 6.26 Å². The SMILES string of the molecule is CSc1ccc(Cl)c(C(=O)OCc2nnc(-c3ccccc3)o2)c1. The van der Waals surface area contributed by atoms with Crippen molar-refractivity contribution in [3.05, 3.63) is 65.0 Å². The summed E-state index contributed by atoms with van der Waals surface area (Å²) in [5, 5.41) is 8.17. The Kier molecular flexibility index (Phi) is 5.17. The Bertz CT molecular complexity index is 852. The molecule has 24 heavy (non-hydrogen) atoms. The molecule has 0 N–H and O–H groups in total. The molecule has 0 aliphatic rings. The van der Waals surface area contributed by atoms with Gasteiger partial charge in [0, 0.05) is 10.5 Å². The highest BCUT2D eigenvalue weighted by Crippen LogP contribution is 2.24. The molecule has 3 rings (SSSR count). The largest absolute Gasteiger partial charge is 0.452 e. The Morgan fingerprint density at radius 1 is 1.21 bits per heavy atom. The van der Waals surface area contributed by atoms with Gasteiger partial charge in [-0.05, 0) is 36.6 Å². The van der Waals surface area contributed by atoms with Crippen molar-refractivity contribution in [3.8, 4) is 11.5 Å². The first-order chi connectivity index (χ1) is 11.7. The van der Waals surface area contributed by atoms with Gasteiger partial charge in [-0.3, -0.25) is 0 Å². The van der Waals surface area contributed by atoms with Gasteiger partial charge in [0.1, 0.15) is 0 Å². The molecule has 0 unspecified atom stereocenters. The van der Waals surface area contributed by atoms with E-state index in [0.717, 1.165) is 10.5 Å². The molecule has 0 radical (unpaired) electrons. The van der Waals surface area contributed by atoms with Crippen molar-refractivity contribution < 1.29 is 13.9 Å². The van der Waals surface area contributed by atoms with E-state index in [-0.39, 0.29) is 12.5 Å². The third-order valence-corrected chi connectivity index (χ3v) is 4.26. The van der Waals surface area contributed by atoms with Gasteiger partial charge in [0.2, 0.25) is 5.89 Å². The first-order valence-corrected chi connectivity index (χ1v) is 8.66. The maximum Gasteiger partial charge on any atom is 0.340 e. The van der Waals surface area contributed by atoms with Gasteiger partial charge in [0.05, 0.1) is 10.6 Å². The second kappa shape index (κ2) is 7.51. The zero-order valence-electron chi connectivity index (χ0n) is 12.7. The molecule has 1 aromatic heterocycles. The minimum absolute atomic E-state index is 0.113. The molecule has 2 aromatic carbocycles. The number of nitrogens with zero attached hydrogens (tertiary/aromatic N) is 2. The van der Waals surface area contributed by atoms with Crippen LogP contribution in [-0.4, -0.2) is 22.4 Å². The highest BCUT2D eigenvalue weighted by molar-refractivity contribution is 7.98. The molecule has 5 nitrogen and oxygen atoms in total. The number of ether oxygens (including phenoxy) is 1. The number of carbonyl (C=O) groups is 1. The van der Waals surface area contributed by atoms with Crippen LogP contribution in [0.5, 0.6) is 0 Å². The molecule has 0 fully saturated rings. The fraction of sp³-hybridized carbons (Fsp3) is 0.118. The second-order valence-corrected chi connectivity index (χ2v) is 6.08. The molecule has 0 aliphatic heterocycles. The van der Waals surface area contributed by atoms with Crippen LogP contribution in [0.3, 0.4) is 0 Å². The Hall–Kier alpha value is -2.31. The lowest BCUT2D eigenvalue weighted by Crippen LogP contribution is -2.06. The van der Waals surface area contributed by atoms with Crippen LogP contribution < -0.4 is 0 Å². The number of thioether (sulfide) groups is 1. The molecule has 3 aromatic rings. The van der Waals surface area contributed by atoms with Crippen LogP contribution in [0.1, 0.15) is 16.2 Å². The van der Waals surface area contributed by atoms with E-state index in [2.05, 4.69) is 10.2 Å². The standard InChI is InChI=1S/C17H13ClN2O3S/c1-24-12-7-8-14(18)13(9-12)17(21)22-10-15-19-20-16(23-15)11-5-3-2-4-6-11/h2-9H,10H2,1H3. The zero-order valence-corrected chi connectivity index (χ0v) is 14.3. The first-order valence-electron chi connectivity index (χ1n) is 7.06. The summed E-state index contributed by atoms with van der Waals surface area (Å²) in [6.07, 6.45) is 1.92. The molecular weight excluding hydrogens is 348 g/mol. The average Bonchev–Trinajstić information content (AvgIpc) is 3.10. The number of hydrogen-bond donors (Lipinski definition) is 0. The molecule has 7 heteroatoms. The van der Waals surface area contributed by atoms with E-state index in [9.17, 15) is 4.79 Å². The summed E-state index contributed by atoms with van der Waals surface area (Å²) in [5.74, 6) is 0.0683. The smallest absolute Gasteiger partial charge is 0.340 e. The van der Waals surface area contributed by atoms with Crippen LogP contribution in [-0.2, 0) is 11.3 Å². The number of esters is 1. The Labute approximate surface area is 148 Å². The molecule has 0 spiro atoms. The predicted molar refractivity (Wildman–Crippen MR) is 92.1 cm³/mol. The average molecular weight is 361 g/mol. The van der Waals surface area contributed by atoms with Gasteiger partial charge < -0.3 is 9.15 Å². The van der Waals surface area contributed by atoms with E-state index in [1.165, 1.54) is 11.8 Å². The summed E-state index contributed by atoms with van der Waals surface area (Å²) >= 11 is 7.57. The summed E-state index contributed by atoms with van der Waals surface area (Å²) in [5.41, 5.74) is 1.12. The van der Waals surface area contributed by atoms with Crippen LogP contribution in [0, 0.1) is 0 Å². The lowest BCUT2D eigenvalue weighted by atomic mass is 10.2. The van der Waals surface area contributed by atoms with Crippen molar-refractivity contribution in [2.45, 2.75) is 11.5 Å². The minimum atomic E-state index is -0.532. The van der Waals surface area contributed by atoms with Gasteiger partial charge >= 0.3 is 5.97 Å². The van der Waals surface area contributed by atoms with Crippen molar-refractivity contribution in [3.63, 3.8) is 0 Å². The molecule has 0 amide bonds. The predicted octanol–water partition coefficient (Wildman–Crippen LogP) is 4.47. The van der Waals surface area contributed by atoms with Crippen LogP contribution in [0.25, 0.3) is 11.5 Å². The lowest BCUT2D eigenvalue weighted by Gasteiger charge is -2.05. The summed E-state index contributed by atoms with van der Waals surface area (Å²) in [7, 11) is 0. The van der Waals surface area contributed by atoms with E-state index in [1.807, 2.05) is 42.7 Å². The van der Waals surface area contributed by atoms with E-state index in [4.69, 9.17) is 20.8 Å². The van der Waals surface area contributed by atoms with Gasteiger partial charge in [-0.1, -0.05) is 29.8 Å². The summed E-state index contributed by atoms with van der Waals surface area (Å²) in [6, 6.07) is 14.6. The molecular formula is C17H13ClN2O3S. The third kappa shape index (κ3) is 3.77. The van der Waals surface area contributed by atoms with Gasteiger partial charge in [0.25, 0.3) is 5.89 Å². The third-order valence-electron chi connectivity index (χ3n) is 3.21. The highest BCUT2D eigenvalue weighted by Gasteiger charge is 2.15. The van der Waals surface area contributed by atoms with E-state index in [1.54, 1.807) is 12.1 Å². The lowest BCUT2D eigenvalue weighted by molar-refractivity contribution is 0.0438. The van der Waals surface area contributed by atoms with E-state index in [0.29, 0.717) is 16.5 Å². The van der Waals surface area contributed by atoms with Gasteiger partial charge in [-0.2, -0.15) is 0 Å². The highest BCUT2D eigenvalue weighted by atomic mass is 35.5. The number of aromatic nitrogens is 2. The molecule has 0 atom stereocenters. The van der Waals surface area contributed by atoms with Crippen LogP contribution in [0.4, 0.5) is 0 Å². The van der Waals surface area contributed by atoms with Gasteiger partial charge in [-0.15, -0.1) is 22.0 Å². The monoisotopic (exact) mass is 360 g/mol. The molecule has 0 saturated carbocycles. The quantitative estimate of drug-likeness (QED) is 0.494. The Balaban J connectivity index is 1.68. The van der Waals surface area contributed by atoms with Gasteiger partial charge in [0.15, 0.2) is 6.61 Å². The van der Waals surface area contributed by atoms with Crippen molar-refractivity contribution in [1.29, 1.82) is 0 Å². The fourth-order valence-electron chi connectivity index (χ4n) is 2.00. The van der Waals surface area contributed by atoms with Crippen LogP contribution in [0.2, 0.25) is 5.02 Å². The van der Waals surface area contributed by atoms with Crippen LogP contribution in [0.15, 0.2) is 57.8 Å². The zero-order chi connectivity index (χ0) is 16.9.